The summed E-state index contributed by atoms with van der Waals surface area (Å²) < 4.78 is 5.03. The van der Waals surface area contributed by atoms with Gasteiger partial charge < -0.3 is 9.64 Å². The van der Waals surface area contributed by atoms with Gasteiger partial charge in [-0.3, -0.25) is 14.5 Å². The van der Waals surface area contributed by atoms with E-state index in [0.717, 1.165) is 19.4 Å². The van der Waals surface area contributed by atoms with Gasteiger partial charge in [0.15, 0.2) is 0 Å². The quantitative estimate of drug-likeness (QED) is 0.658. The minimum Gasteiger partial charge on any atom is -0.465 e. The zero-order chi connectivity index (χ0) is 12.8. The summed E-state index contributed by atoms with van der Waals surface area (Å²) in [5.74, 6) is -0.0539. The molecule has 1 fully saturated rings. The Balaban J connectivity index is 2.41. The van der Waals surface area contributed by atoms with E-state index < -0.39 is 0 Å². The highest BCUT2D eigenvalue weighted by atomic mass is 16.5. The first-order valence-corrected chi connectivity index (χ1v) is 6.17. The molecule has 98 valence electrons. The summed E-state index contributed by atoms with van der Waals surface area (Å²) in [6, 6.07) is -0.148. The molecule has 5 nitrogen and oxygen atoms in total. The van der Waals surface area contributed by atoms with Gasteiger partial charge in [-0.05, 0) is 26.3 Å². The highest BCUT2D eigenvalue weighted by Crippen LogP contribution is 2.18. The van der Waals surface area contributed by atoms with Crippen LogP contribution in [0.1, 0.15) is 26.2 Å². The number of nitrogens with zero attached hydrogens (tertiary/aromatic N) is 2. The maximum Gasteiger partial charge on any atom is 0.323 e. The van der Waals surface area contributed by atoms with Crippen molar-refractivity contribution >= 4 is 11.9 Å². The van der Waals surface area contributed by atoms with Crippen molar-refractivity contribution < 1.29 is 14.3 Å². The number of amides is 1. The molecule has 0 radical (unpaired) electrons. The SMILES string of the molecule is CCOC(=O)C1CCCN1CCC(=O)N(C)C. The molecule has 0 saturated carbocycles. The van der Waals surface area contributed by atoms with Gasteiger partial charge in [0.2, 0.25) is 5.91 Å². The largest absolute Gasteiger partial charge is 0.465 e. The zero-order valence-corrected chi connectivity index (χ0v) is 10.9. The molecule has 1 aliphatic rings. The first kappa shape index (κ1) is 14.0. The van der Waals surface area contributed by atoms with Crippen LogP contribution in [0.25, 0.3) is 0 Å². The molecule has 5 heteroatoms. The number of esters is 1. The molecule has 1 aliphatic heterocycles. The van der Waals surface area contributed by atoms with Crippen LogP contribution in [0, 0.1) is 0 Å². The standard InChI is InChI=1S/C12H22N2O3/c1-4-17-12(16)10-6-5-8-14(10)9-7-11(15)13(2)3/h10H,4-9H2,1-3H3. The van der Waals surface area contributed by atoms with Gasteiger partial charge in [-0.2, -0.15) is 0 Å². The van der Waals surface area contributed by atoms with Crippen LogP contribution < -0.4 is 0 Å². The topological polar surface area (TPSA) is 49.9 Å². The lowest BCUT2D eigenvalue weighted by atomic mass is 10.2. The highest BCUT2D eigenvalue weighted by molar-refractivity contribution is 5.77. The van der Waals surface area contributed by atoms with Crippen LogP contribution in [0.2, 0.25) is 0 Å². The fourth-order valence-electron chi connectivity index (χ4n) is 2.06. The third-order valence-corrected chi connectivity index (χ3v) is 3.03. The van der Waals surface area contributed by atoms with Crippen LogP contribution in [-0.4, -0.2) is 61.5 Å². The highest BCUT2D eigenvalue weighted by Gasteiger charge is 2.31. The van der Waals surface area contributed by atoms with E-state index in [0.29, 0.717) is 19.6 Å². The molecule has 0 aromatic heterocycles. The monoisotopic (exact) mass is 242 g/mol. The van der Waals surface area contributed by atoms with E-state index >= 15 is 0 Å². The Hall–Kier alpha value is -1.10. The van der Waals surface area contributed by atoms with Gasteiger partial charge in [-0.15, -0.1) is 0 Å². The molecule has 1 heterocycles. The summed E-state index contributed by atoms with van der Waals surface area (Å²) in [6.07, 6.45) is 2.30. The number of hydrogen-bond acceptors (Lipinski definition) is 4. The molecule has 0 spiro atoms. The second kappa shape index (κ2) is 6.59. The molecule has 1 atom stereocenters. The molecule has 1 unspecified atom stereocenters. The van der Waals surface area contributed by atoms with Crippen molar-refractivity contribution in [3.8, 4) is 0 Å². The number of carbonyl (C=O) groups is 2. The molecule has 0 aromatic carbocycles. The van der Waals surface area contributed by atoms with Crippen LogP contribution in [0.3, 0.4) is 0 Å². The van der Waals surface area contributed by atoms with Crippen LogP contribution >= 0.6 is 0 Å². The summed E-state index contributed by atoms with van der Waals surface area (Å²) in [4.78, 5) is 26.8. The van der Waals surface area contributed by atoms with Gasteiger partial charge in [-0.25, -0.2) is 0 Å². The average Bonchev–Trinajstić information content (AvgIpc) is 2.74. The number of ether oxygens (including phenoxy) is 1. The van der Waals surface area contributed by atoms with Crippen LogP contribution in [-0.2, 0) is 14.3 Å². The van der Waals surface area contributed by atoms with Gasteiger partial charge in [0, 0.05) is 27.1 Å². The van der Waals surface area contributed by atoms with Crippen LogP contribution in [0.5, 0.6) is 0 Å². The molecule has 0 aliphatic carbocycles. The summed E-state index contributed by atoms with van der Waals surface area (Å²) in [5, 5.41) is 0. The van der Waals surface area contributed by atoms with Gasteiger partial charge in [0.25, 0.3) is 0 Å². The lowest BCUT2D eigenvalue weighted by molar-refractivity contribution is -0.148. The Morgan fingerprint density at radius 2 is 2.12 bits per heavy atom. The Morgan fingerprint density at radius 1 is 1.41 bits per heavy atom. The Kier molecular flexibility index (Phi) is 5.41. The fraction of sp³-hybridized carbons (Fsp3) is 0.833. The van der Waals surface area contributed by atoms with Crippen LogP contribution in [0.15, 0.2) is 0 Å². The van der Waals surface area contributed by atoms with Gasteiger partial charge in [-0.1, -0.05) is 0 Å². The van der Waals surface area contributed by atoms with E-state index in [-0.39, 0.29) is 17.9 Å². The van der Waals surface area contributed by atoms with Crippen molar-refractivity contribution in [3.05, 3.63) is 0 Å². The van der Waals surface area contributed by atoms with E-state index in [4.69, 9.17) is 4.74 Å². The Morgan fingerprint density at radius 3 is 2.71 bits per heavy atom. The number of carbonyl (C=O) groups excluding carboxylic acids is 2. The van der Waals surface area contributed by atoms with E-state index in [1.54, 1.807) is 19.0 Å². The van der Waals surface area contributed by atoms with Crippen molar-refractivity contribution in [1.82, 2.24) is 9.80 Å². The van der Waals surface area contributed by atoms with E-state index in [9.17, 15) is 9.59 Å². The van der Waals surface area contributed by atoms with E-state index in [1.165, 1.54) is 0 Å². The summed E-state index contributed by atoms with van der Waals surface area (Å²) in [5.41, 5.74) is 0. The first-order chi connectivity index (χ1) is 8.06. The normalized spacial score (nSPS) is 20.3. The van der Waals surface area contributed by atoms with Gasteiger partial charge in [0.1, 0.15) is 6.04 Å². The van der Waals surface area contributed by atoms with Crippen LogP contribution in [0.4, 0.5) is 0 Å². The molecule has 0 aromatic rings. The van der Waals surface area contributed by atoms with E-state index in [2.05, 4.69) is 4.90 Å². The fourth-order valence-corrected chi connectivity index (χ4v) is 2.06. The maximum atomic E-state index is 11.7. The van der Waals surface area contributed by atoms with Gasteiger partial charge >= 0.3 is 5.97 Å². The number of likely N-dealkylation sites (tertiary alicyclic amines) is 1. The Labute approximate surface area is 103 Å². The van der Waals surface area contributed by atoms with Crippen molar-refractivity contribution in [2.75, 3.05) is 33.8 Å². The lowest BCUT2D eigenvalue weighted by Crippen LogP contribution is -2.39. The molecule has 1 amide bonds. The third kappa shape index (κ3) is 4.00. The van der Waals surface area contributed by atoms with Crippen molar-refractivity contribution in [2.45, 2.75) is 32.2 Å². The maximum absolute atomic E-state index is 11.7. The molecule has 0 N–H and O–H groups in total. The lowest BCUT2D eigenvalue weighted by Gasteiger charge is -2.23. The average molecular weight is 242 g/mol. The molecule has 0 bridgehead atoms. The molecule has 17 heavy (non-hydrogen) atoms. The zero-order valence-electron chi connectivity index (χ0n) is 10.9. The summed E-state index contributed by atoms with van der Waals surface area (Å²) in [6.45, 7) is 3.75. The molecular formula is C12H22N2O3. The third-order valence-electron chi connectivity index (χ3n) is 3.03. The minimum absolute atomic E-state index is 0.0968. The predicted molar refractivity (Wildman–Crippen MR) is 64.5 cm³/mol. The second-order valence-corrected chi connectivity index (χ2v) is 4.48. The smallest absolute Gasteiger partial charge is 0.323 e. The van der Waals surface area contributed by atoms with Crippen molar-refractivity contribution in [2.24, 2.45) is 0 Å². The van der Waals surface area contributed by atoms with E-state index in [1.807, 2.05) is 6.92 Å². The molecule has 1 rings (SSSR count). The van der Waals surface area contributed by atoms with Crippen molar-refractivity contribution in [1.29, 1.82) is 0 Å². The predicted octanol–water partition coefficient (Wildman–Crippen LogP) is 0.492. The summed E-state index contributed by atoms with van der Waals surface area (Å²) >= 11 is 0. The summed E-state index contributed by atoms with van der Waals surface area (Å²) in [7, 11) is 3.49. The number of hydrogen-bond donors (Lipinski definition) is 0. The second-order valence-electron chi connectivity index (χ2n) is 4.48. The Bertz CT molecular complexity index is 279. The number of rotatable bonds is 5. The van der Waals surface area contributed by atoms with Crippen molar-refractivity contribution in [3.63, 3.8) is 0 Å². The molecule has 1 saturated heterocycles. The first-order valence-electron chi connectivity index (χ1n) is 6.17. The molecular weight excluding hydrogens is 220 g/mol. The van der Waals surface area contributed by atoms with Gasteiger partial charge in [0.05, 0.1) is 6.61 Å². The minimum atomic E-state index is -0.151.